The molecular formula is C32H44N4O5. The topological polar surface area (TPSA) is 100 Å². The first kappa shape index (κ1) is 28.4. The van der Waals surface area contributed by atoms with Gasteiger partial charge in [0.1, 0.15) is 11.6 Å². The highest BCUT2D eigenvalue weighted by Gasteiger charge is 2.72. The number of likely N-dealkylation sites (tertiary alicyclic amines) is 1. The molecule has 3 amide bonds. The first-order valence-corrected chi connectivity index (χ1v) is 15.4. The Balaban J connectivity index is 1.27. The third kappa shape index (κ3) is 5.00. The van der Waals surface area contributed by atoms with Gasteiger partial charge in [-0.2, -0.15) is 0 Å². The summed E-state index contributed by atoms with van der Waals surface area (Å²) < 4.78 is 12.0. The van der Waals surface area contributed by atoms with Crippen LogP contribution in [0, 0.1) is 37.5 Å². The van der Waals surface area contributed by atoms with Gasteiger partial charge in [-0.1, -0.05) is 44.9 Å². The van der Waals surface area contributed by atoms with E-state index in [1.54, 1.807) is 4.90 Å². The van der Waals surface area contributed by atoms with E-state index in [4.69, 9.17) is 9.47 Å². The van der Waals surface area contributed by atoms with E-state index in [0.29, 0.717) is 43.8 Å². The SMILES string of the molecule is Cc1ccc(NC(=O)C2[C@H]3C=C[C@@]4(O3)C(C(=O)NC3CCCC(C)C3C)N(CCN3CCOCC3)C(=O)[C@@H]24)cc1C. The maximum absolute atomic E-state index is 14.2. The van der Waals surface area contributed by atoms with E-state index in [1.165, 1.54) is 0 Å². The van der Waals surface area contributed by atoms with E-state index in [-0.39, 0.29) is 23.8 Å². The number of morpholine rings is 1. The van der Waals surface area contributed by atoms with Crippen molar-refractivity contribution in [2.24, 2.45) is 23.7 Å². The van der Waals surface area contributed by atoms with Gasteiger partial charge in [0.2, 0.25) is 17.7 Å². The van der Waals surface area contributed by atoms with Gasteiger partial charge in [-0.05, 0) is 55.4 Å². The molecule has 4 aliphatic heterocycles. The molecule has 2 N–H and O–H groups in total. The van der Waals surface area contributed by atoms with Gasteiger partial charge in [0, 0.05) is 37.9 Å². The van der Waals surface area contributed by atoms with Crippen molar-refractivity contribution in [1.82, 2.24) is 15.1 Å². The number of hydrogen-bond acceptors (Lipinski definition) is 6. The van der Waals surface area contributed by atoms with E-state index in [2.05, 4.69) is 29.4 Å². The number of fused-ring (bicyclic) bond motifs is 1. The Kier molecular flexibility index (Phi) is 7.72. The molecule has 222 valence electrons. The van der Waals surface area contributed by atoms with Gasteiger partial charge in [-0.3, -0.25) is 19.3 Å². The summed E-state index contributed by atoms with van der Waals surface area (Å²) in [5.41, 5.74) is 1.78. The largest absolute Gasteiger partial charge is 0.379 e. The number of carbonyl (C=O) groups is 3. The fourth-order valence-corrected chi connectivity index (χ4v) is 7.67. The van der Waals surface area contributed by atoms with Gasteiger partial charge in [-0.15, -0.1) is 0 Å². The maximum Gasteiger partial charge on any atom is 0.246 e. The highest BCUT2D eigenvalue weighted by molar-refractivity contribution is 6.02. The number of aryl methyl sites for hydroxylation is 2. The minimum atomic E-state index is -1.15. The molecule has 9 nitrogen and oxygen atoms in total. The van der Waals surface area contributed by atoms with Crippen LogP contribution in [0.1, 0.15) is 44.2 Å². The normalized spacial score (nSPS) is 36.4. The minimum absolute atomic E-state index is 0.0596. The first-order chi connectivity index (χ1) is 19.7. The van der Waals surface area contributed by atoms with Crippen molar-refractivity contribution in [2.75, 3.05) is 44.7 Å². The van der Waals surface area contributed by atoms with E-state index in [9.17, 15) is 14.4 Å². The molecule has 1 aromatic rings. The lowest BCUT2D eigenvalue weighted by atomic mass is 9.73. The average Bonchev–Trinajstić information content (AvgIpc) is 3.60. The fourth-order valence-electron chi connectivity index (χ4n) is 7.67. The standard InChI is InChI=1S/C32H44N4O5/c1-19-8-9-23(18-21(19)3)33-29(37)26-25-10-11-32(41-25)27(26)31(39)36(13-12-35-14-16-40-17-15-35)28(32)30(38)34-24-7-5-6-20(2)22(24)4/h8-11,18,20,22,24-28H,5-7,12-17H2,1-4H3,(H,33,37)(H,34,38)/t20?,22?,24?,25-,26?,27-,28?,32+/m1/s1. The summed E-state index contributed by atoms with van der Waals surface area (Å²) in [5.74, 6) is -1.15. The number of benzene rings is 1. The molecule has 6 rings (SSSR count). The van der Waals surface area contributed by atoms with Crippen LogP contribution < -0.4 is 10.6 Å². The zero-order valence-corrected chi connectivity index (χ0v) is 24.7. The van der Waals surface area contributed by atoms with Crippen LogP contribution in [-0.2, 0) is 23.9 Å². The lowest BCUT2D eigenvalue weighted by Gasteiger charge is -2.38. The van der Waals surface area contributed by atoms with Crippen LogP contribution in [0.25, 0.3) is 0 Å². The van der Waals surface area contributed by atoms with Gasteiger partial charge in [-0.25, -0.2) is 0 Å². The monoisotopic (exact) mass is 564 g/mol. The number of ether oxygens (including phenoxy) is 2. The molecular weight excluding hydrogens is 520 g/mol. The van der Waals surface area contributed by atoms with Crippen LogP contribution in [0.5, 0.6) is 0 Å². The molecule has 1 spiro atoms. The Bertz CT molecular complexity index is 1230. The third-order valence-electron chi connectivity index (χ3n) is 10.5. The van der Waals surface area contributed by atoms with Gasteiger partial charge in [0.25, 0.3) is 0 Å². The van der Waals surface area contributed by atoms with Crippen molar-refractivity contribution in [2.45, 2.75) is 70.7 Å². The predicted molar refractivity (Wildman–Crippen MR) is 155 cm³/mol. The molecule has 8 atom stereocenters. The fraction of sp³-hybridized carbons (Fsp3) is 0.656. The van der Waals surface area contributed by atoms with Gasteiger partial charge in [0.05, 0.1) is 31.2 Å². The molecule has 1 aromatic carbocycles. The minimum Gasteiger partial charge on any atom is -0.379 e. The summed E-state index contributed by atoms with van der Waals surface area (Å²) in [6.45, 7) is 12.5. The molecule has 1 aliphatic carbocycles. The van der Waals surface area contributed by atoms with Gasteiger partial charge < -0.3 is 25.0 Å². The maximum atomic E-state index is 14.2. The molecule has 9 heteroatoms. The van der Waals surface area contributed by atoms with Crippen molar-refractivity contribution in [1.29, 1.82) is 0 Å². The van der Waals surface area contributed by atoms with E-state index in [1.807, 2.05) is 44.2 Å². The molecule has 5 unspecified atom stereocenters. The third-order valence-corrected chi connectivity index (χ3v) is 10.5. The molecule has 4 fully saturated rings. The van der Waals surface area contributed by atoms with Crippen LogP contribution in [0.2, 0.25) is 0 Å². The number of hydrogen-bond donors (Lipinski definition) is 2. The lowest BCUT2D eigenvalue weighted by molar-refractivity contribution is -0.142. The Hall–Kier alpha value is -2.75. The molecule has 4 heterocycles. The second kappa shape index (κ2) is 11.2. The van der Waals surface area contributed by atoms with E-state index >= 15 is 0 Å². The van der Waals surface area contributed by atoms with Crippen molar-refractivity contribution >= 4 is 23.4 Å². The smallest absolute Gasteiger partial charge is 0.246 e. The number of amides is 3. The Morgan fingerprint density at radius 1 is 1.05 bits per heavy atom. The Morgan fingerprint density at radius 2 is 1.83 bits per heavy atom. The molecule has 3 saturated heterocycles. The molecule has 0 aromatic heterocycles. The Labute approximate surface area is 243 Å². The molecule has 5 aliphatic rings. The zero-order chi connectivity index (χ0) is 28.9. The number of rotatable bonds is 7. The molecule has 2 bridgehead atoms. The quantitative estimate of drug-likeness (QED) is 0.494. The van der Waals surface area contributed by atoms with Crippen LogP contribution in [0.15, 0.2) is 30.4 Å². The first-order valence-electron chi connectivity index (χ1n) is 15.4. The van der Waals surface area contributed by atoms with Crippen molar-refractivity contribution in [3.8, 4) is 0 Å². The molecule has 0 radical (unpaired) electrons. The summed E-state index contributed by atoms with van der Waals surface area (Å²) in [6, 6.07) is 5.05. The summed E-state index contributed by atoms with van der Waals surface area (Å²) in [6.07, 6.45) is 6.41. The lowest BCUT2D eigenvalue weighted by Crippen LogP contribution is -2.58. The van der Waals surface area contributed by atoms with Gasteiger partial charge >= 0.3 is 0 Å². The average molecular weight is 565 g/mol. The molecule has 1 saturated carbocycles. The summed E-state index contributed by atoms with van der Waals surface area (Å²) in [4.78, 5) is 46.1. The van der Waals surface area contributed by atoms with Crippen LogP contribution in [0.3, 0.4) is 0 Å². The van der Waals surface area contributed by atoms with Gasteiger partial charge in [0.15, 0.2) is 0 Å². The summed E-state index contributed by atoms with van der Waals surface area (Å²) in [5, 5.41) is 6.37. The van der Waals surface area contributed by atoms with Crippen LogP contribution >= 0.6 is 0 Å². The zero-order valence-electron chi connectivity index (χ0n) is 24.7. The summed E-state index contributed by atoms with van der Waals surface area (Å²) in [7, 11) is 0. The van der Waals surface area contributed by atoms with E-state index < -0.39 is 29.6 Å². The number of carbonyl (C=O) groups excluding carboxylic acids is 3. The summed E-state index contributed by atoms with van der Waals surface area (Å²) >= 11 is 0. The molecule has 41 heavy (non-hydrogen) atoms. The predicted octanol–water partition coefficient (Wildman–Crippen LogP) is 2.67. The highest BCUT2D eigenvalue weighted by atomic mass is 16.5. The van der Waals surface area contributed by atoms with Crippen LogP contribution in [0.4, 0.5) is 5.69 Å². The highest BCUT2D eigenvalue weighted by Crippen LogP contribution is 2.55. The number of nitrogens with zero attached hydrogens (tertiary/aromatic N) is 2. The number of nitrogens with one attached hydrogen (secondary N) is 2. The van der Waals surface area contributed by atoms with E-state index in [0.717, 1.165) is 43.5 Å². The van der Waals surface area contributed by atoms with Crippen LogP contribution in [-0.4, -0.2) is 90.7 Å². The van der Waals surface area contributed by atoms with Crippen molar-refractivity contribution < 1.29 is 23.9 Å². The van der Waals surface area contributed by atoms with Crippen molar-refractivity contribution in [3.05, 3.63) is 41.5 Å². The second-order valence-electron chi connectivity index (χ2n) is 12.9. The van der Waals surface area contributed by atoms with Crippen molar-refractivity contribution in [3.63, 3.8) is 0 Å². The second-order valence-corrected chi connectivity index (χ2v) is 12.9. The number of anilines is 1. The Morgan fingerprint density at radius 3 is 2.59 bits per heavy atom.